The molecule has 0 aromatic rings. The second-order valence-corrected chi connectivity index (χ2v) is 2.79. The molecular weight excluding hydrogens is 192 g/mol. The molecule has 76 valence electrons. The van der Waals surface area contributed by atoms with Crippen LogP contribution >= 0.6 is 0 Å². The van der Waals surface area contributed by atoms with Crippen molar-refractivity contribution in [2.45, 2.75) is 24.9 Å². The number of rotatable bonds is 4. The zero-order valence-corrected chi connectivity index (χ0v) is 7.60. The molecule has 1 saturated heterocycles. The SMILES string of the molecule is BC1OC(=O)OC1C(F)OCCC#N. The summed E-state index contributed by atoms with van der Waals surface area (Å²) in [6, 6.07) is 1.14. The maximum Gasteiger partial charge on any atom is 0.508 e. The number of hydrogen-bond acceptors (Lipinski definition) is 5. The normalized spacial score (nSPS) is 27.6. The second-order valence-electron chi connectivity index (χ2n) is 2.79. The van der Waals surface area contributed by atoms with Crippen molar-refractivity contribution in [1.82, 2.24) is 0 Å². The van der Waals surface area contributed by atoms with Crippen LogP contribution < -0.4 is 0 Å². The molecule has 0 spiro atoms. The summed E-state index contributed by atoms with van der Waals surface area (Å²) in [5.41, 5.74) is 0. The summed E-state index contributed by atoms with van der Waals surface area (Å²) in [4.78, 5) is 10.6. The molecule has 1 aliphatic rings. The van der Waals surface area contributed by atoms with Gasteiger partial charge in [0.25, 0.3) is 0 Å². The first-order valence-corrected chi connectivity index (χ1v) is 4.15. The number of nitrogens with zero attached hydrogens (tertiary/aromatic N) is 1. The Kier molecular flexibility index (Phi) is 3.71. The molecule has 1 aliphatic heterocycles. The van der Waals surface area contributed by atoms with Crippen LogP contribution in [0.25, 0.3) is 0 Å². The summed E-state index contributed by atoms with van der Waals surface area (Å²) in [6.07, 6.45) is -3.59. The van der Waals surface area contributed by atoms with Gasteiger partial charge in [-0.15, -0.1) is 0 Å². The van der Waals surface area contributed by atoms with Gasteiger partial charge < -0.3 is 14.2 Å². The fraction of sp³-hybridized carbons (Fsp3) is 0.714. The molecule has 0 radical (unpaired) electrons. The Labute approximate surface area is 81.1 Å². The zero-order valence-electron chi connectivity index (χ0n) is 7.60. The van der Waals surface area contributed by atoms with E-state index in [4.69, 9.17) is 5.26 Å². The highest BCUT2D eigenvalue weighted by Gasteiger charge is 2.39. The molecule has 0 amide bonds. The van der Waals surface area contributed by atoms with Gasteiger partial charge in [0.05, 0.1) is 19.1 Å². The van der Waals surface area contributed by atoms with E-state index in [1.54, 1.807) is 6.07 Å². The smallest absolute Gasteiger partial charge is 0.437 e. The van der Waals surface area contributed by atoms with Gasteiger partial charge in [0.2, 0.25) is 6.36 Å². The molecule has 3 atom stereocenters. The third kappa shape index (κ3) is 2.60. The van der Waals surface area contributed by atoms with Gasteiger partial charge in [0.1, 0.15) is 6.00 Å². The Balaban J connectivity index is 2.33. The number of nitriles is 1. The second kappa shape index (κ2) is 4.81. The molecule has 0 bridgehead atoms. The highest BCUT2D eigenvalue weighted by molar-refractivity contribution is 6.12. The van der Waals surface area contributed by atoms with Crippen LogP contribution in [0, 0.1) is 11.3 Å². The van der Waals surface area contributed by atoms with Crippen LogP contribution in [0.5, 0.6) is 0 Å². The minimum absolute atomic E-state index is 0.0293. The van der Waals surface area contributed by atoms with Crippen LogP contribution in [0.4, 0.5) is 9.18 Å². The Bertz CT molecular complexity index is 257. The van der Waals surface area contributed by atoms with E-state index in [-0.39, 0.29) is 13.0 Å². The average molecular weight is 201 g/mol. The van der Waals surface area contributed by atoms with Crippen molar-refractivity contribution in [2.24, 2.45) is 0 Å². The Hall–Kier alpha value is -1.29. The monoisotopic (exact) mass is 201 g/mol. The standard InChI is InChI=1S/C7H9BFNO4/c8-5-4(13-7(11)14-5)6(9)12-3-1-2-10/h4-6H,1,3,8H2. The molecule has 7 heteroatoms. The molecule has 3 unspecified atom stereocenters. The first-order chi connectivity index (χ1) is 6.65. The van der Waals surface area contributed by atoms with Crippen molar-refractivity contribution in [3.63, 3.8) is 0 Å². The van der Waals surface area contributed by atoms with Gasteiger partial charge in [-0.1, -0.05) is 0 Å². The van der Waals surface area contributed by atoms with Gasteiger partial charge >= 0.3 is 6.16 Å². The lowest BCUT2D eigenvalue weighted by molar-refractivity contribution is -0.104. The number of hydrogen-bond donors (Lipinski definition) is 0. The summed E-state index contributed by atoms with van der Waals surface area (Å²) in [5, 5.41) is 8.18. The van der Waals surface area contributed by atoms with E-state index in [2.05, 4.69) is 14.2 Å². The summed E-state index contributed by atoms with van der Waals surface area (Å²) in [7, 11) is 1.51. The predicted octanol–water partition coefficient (Wildman–Crippen LogP) is -0.293. The van der Waals surface area contributed by atoms with Gasteiger partial charge in [-0.2, -0.15) is 5.26 Å². The fourth-order valence-corrected chi connectivity index (χ4v) is 1.03. The lowest BCUT2D eigenvalue weighted by atomic mass is 9.94. The molecule has 5 nitrogen and oxygen atoms in total. The van der Waals surface area contributed by atoms with Crippen molar-refractivity contribution >= 4 is 14.0 Å². The lowest BCUT2D eigenvalue weighted by Gasteiger charge is -2.15. The first kappa shape index (κ1) is 10.8. The van der Waals surface area contributed by atoms with Gasteiger partial charge in [-0.3, -0.25) is 0 Å². The Morgan fingerprint density at radius 3 is 2.93 bits per heavy atom. The minimum atomic E-state index is -1.75. The summed E-state index contributed by atoms with van der Waals surface area (Å²) in [5.74, 6) is 0. The largest absolute Gasteiger partial charge is 0.508 e. The molecule has 0 aliphatic carbocycles. The minimum Gasteiger partial charge on any atom is -0.437 e. The number of halogens is 1. The van der Waals surface area contributed by atoms with Gasteiger partial charge in [0.15, 0.2) is 14.0 Å². The molecule has 14 heavy (non-hydrogen) atoms. The van der Waals surface area contributed by atoms with E-state index >= 15 is 0 Å². The predicted molar refractivity (Wildman–Crippen MR) is 44.8 cm³/mol. The number of carbonyl (C=O) groups is 1. The van der Waals surface area contributed by atoms with Crippen LogP contribution in [0.2, 0.25) is 0 Å². The Morgan fingerprint density at radius 1 is 1.71 bits per heavy atom. The maximum absolute atomic E-state index is 13.2. The molecule has 0 aromatic carbocycles. The van der Waals surface area contributed by atoms with E-state index in [0.29, 0.717) is 0 Å². The molecule has 0 aromatic heterocycles. The molecule has 1 heterocycles. The fourth-order valence-electron chi connectivity index (χ4n) is 1.03. The average Bonchev–Trinajstić information content (AvgIpc) is 2.45. The van der Waals surface area contributed by atoms with E-state index in [1.807, 2.05) is 0 Å². The van der Waals surface area contributed by atoms with Gasteiger partial charge in [0, 0.05) is 0 Å². The topological polar surface area (TPSA) is 68.6 Å². The molecular formula is C7H9BFNO4. The summed E-state index contributed by atoms with van der Waals surface area (Å²) < 4.78 is 26.9. The van der Waals surface area contributed by atoms with E-state index in [9.17, 15) is 9.18 Å². The van der Waals surface area contributed by atoms with Crippen molar-refractivity contribution < 1.29 is 23.4 Å². The third-order valence-corrected chi connectivity index (χ3v) is 1.73. The molecule has 1 fully saturated rings. The van der Waals surface area contributed by atoms with Crippen molar-refractivity contribution in [3.05, 3.63) is 0 Å². The molecule has 1 rings (SSSR count). The van der Waals surface area contributed by atoms with Crippen LogP contribution in [-0.2, 0) is 14.2 Å². The van der Waals surface area contributed by atoms with E-state index in [0.717, 1.165) is 0 Å². The number of alkyl halides is 1. The van der Waals surface area contributed by atoms with Crippen molar-refractivity contribution in [3.8, 4) is 6.07 Å². The zero-order chi connectivity index (χ0) is 10.6. The van der Waals surface area contributed by atoms with Crippen molar-refractivity contribution in [2.75, 3.05) is 6.61 Å². The van der Waals surface area contributed by atoms with Gasteiger partial charge in [-0.05, 0) is 0 Å². The maximum atomic E-state index is 13.2. The van der Waals surface area contributed by atoms with Crippen LogP contribution in [0.3, 0.4) is 0 Å². The number of carbonyl (C=O) groups excluding carboxylic acids is 1. The van der Waals surface area contributed by atoms with Crippen LogP contribution in [0.1, 0.15) is 6.42 Å². The van der Waals surface area contributed by atoms with Gasteiger partial charge in [-0.25, -0.2) is 9.18 Å². The summed E-state index contributed by atoms with van der Waals surface area (Å²) >= 11 is 0. The van der Waals surface area contributed by atoms with Crippen molar-refractivity contribution in [1.29, 1.82) is 5.26 Å². The number of ether oxygens (including phenoxy) is 3. The molecule has 0 N–H and O–H groups in total. The highest BCUT2D eigenvalue weighted by atomic mass is 19.1. The Morgan fingerprint density at radius 2 is 2.43 bits per heavy atom. The third-order valence-electron chi connectivity index (χ3n) is 1.73. The van der Waals surface area contributed by atoms with E-state index in [1.165, 1.54) is 7.85 Å². The van der Waals surface area contributed by atoms with Crippen LogP contribution in [-0.4, -0.2) is 39.1 Å². The number of cyclic esters (lactones) is 2. The first-order valence-electron chi connectivity index (χ1n) is 4.15. The highest BCUT2D eigenvalue weighted by Crippen LogP contribution is 2.19. The summed E-state index contributed by atoms with van der Waals surface area (Å²) in [6.45, 7) is -0.0293. The van der Waals surface area contributed by atoms with Crippen LogP contribution in [0.15, 0.2) is 0 Å². The lowest BCUT2D eigenvalue weighted by Crippen LogP contribution is -2.34. The quantitative estimate of drug-likeness (QED) is 0.355. The van der Waals surface area contributed by atoms with E-state index < -0.39 is 24.6 Å². The molecule has 0 saturated carbocycles.